The van der Waals surface area contributed by atoms with E-state index in [1.165, 1.54) is 17.7 Å². The van der Waals surface area contributed by atoms with Crippen LogP contribution in [-0.2, 0) is 19.4 Å². The van der Waals surface area contributed by atoms with Crippen LogP contribution in [0.5, 0.6) is 5.75 Å². The van der Waals surface area contributed by atoms with Gasteiger partial charge in [0.1, 0.15) is 0 Å². The first kappa shape index (κ1) is 18.4. The highest BCUT2D eigenvalue weighted by molar-refractivity contribution is 7.80. The Kier molecular flexibility index (Phi) is 5.58. The average Bonchev–Trinajstić information content (AvgIpc) is 2.62. The molecule has 0 aliphatic carbocycles. The number of phenols is 1. The lowest BCUT2D eigenvalue weighted by molar-refractivity contribution is -0.386. The predicted octanol–water partition coefficient (Wildman–Crippen LogP) is 3.43. The zero-order valence-electron chi connectivity index (χ0n) is 13.9. The lowest BCUT2D eigenvalue weighted by Gasteiger charge is -2.31. The van der Waals surface area contributed by atoms with Crippen molar-refractivity contribution < 1.29 is 10.0 Å². The quantitative estimate of drug-likeness (QED) is 0.472. The van der Waals surface area contributed by atoms with Gasteiger partial charge in [-0.15, -0.1) is 0 Å². The first-order valence-electron chi connectivity index (χ1n) is 8.20. The van der Waals surface area contributed by atoms with Crippen molar-refractivity contribution in [2.24, 2.45) is 0 Å². The molecule has 2 N–H and O–H groups in total. The molecular weight excluding hydrogens is 374 g/mol. The fourth-order valence-corrected chi connectivity index (χ4v) is 3.36. The molecule has 136 valence electrons. The summed E-state index contributed by atoms with van der Waals surface area (Å²) < 4.78 is 0. The van der Waals surface area contributed by atoms with Crippen molar-refractivity contribution in [1.82, 2.24) is 10.2 Å². The van der Waals surface area contributed by atoms with Crippen LogP contribution in [-0.4, -0.2) is 33.1 Å². The molecule has 0 saturated carbocycles. The summed E-state index contributed by atoms with van der Waals surface area (Å²) in [6.07, 6.45) is 1.50. The topological polar surface area (TPSA) is 78.6 Å². The van der Waals surface area contributed by atoms with Gasteiger partial charge in [-0.25, -0.2) is 0 Å². The molecule has 6 nitrogen and oxygen atoms in total. The summed E-state index contributed by atoms with van der Waals surface area (Å²) in [6.45, 7) is 1.89. The third-order valence-electron chi connectivity index (χ3n) is 4.40. The van der Waals surface area contributed by atoms with Crippen molar-refractivity contribution >= 4 is 34.6 Å². The molecule has 1 aliphatic rings. The van der Waals surface area contributed by atoms with Gasteiger partial charge in [0.25, 0.3) is 0 Å². The summed E-state index contributed by atoms with van der Waals surface area (Å²) in [7, 11) is 0. The number of aromatic hydroxyl groups is 1. The van der Waals surface area contributed by atoms with E-state index in [1.807, 2.05) is 29.2 Å². The number of hydrogen-bond donors (Lipinski definition) is 2. The van der Waals surface area contributed by atoms with Gasteiger partial charge in [-0.05, 0) is 59.9 Å². The van der Waals surface area contributed by atoms with E-state index in [2.05, 4.69) is 5.32 Å². The monoisotopic (exact) mass is 391 g/mol. The first-order valence-corrected chi connectivity index (χ1v) is 8.99. The maximum Gasteiger partial charge on any atom is 0.311 e. The van der Waals surface area contributed by atoms with Crippen molar-refractivity contribution in [1.29, 1.82) is 0 Å². The molecule has 0 radical (unpaired) electrons. The Morgan fingerprint density at radius 1 is 1.31 bits per heavy atom. The van der Waals surface area contributed by atoms with E-state index in [0.29, 0.717) is 36.2 Å². The standard InChI is InChI=1S/C18H18ClN3O3S/c19-15-3-1-12(2-4-15)5-7-20-18(26)21-8-6-13-10-17(23)16(22(24)25)9-14(13)11-21/h1-4,9-10,23H,5-8,11H2,(H,20,26). The maximum absolute atomic E-state index is 11.0. The second-order valence-electron chi connectivity index (χ2n) is 6.15. The molecule has 0 unspecified atom stereocenters. The lowest BCUT2D eigenvalue weighted by Crippen LogP contribution is -2.43. The van der Waals surface area contributed by atoms with Crippen molar-refractivity contribution in [2.45, 2.75) is 19.4 Å². The molecule has 3 rings (SSSR count). The smallest absolute Gasteiger partial charge is 0.311 e. The van der Waals surface area contributed by atoms with Gasteiger partial charge in [-0.3, -0.25) is 10.1 Å². The van der Waals surface area contributed by atoms with E-state index < -0.39 is 4.92 Å². The zero-order valence-corrected chi connectivity index (χ0v) is 15.5. The molecule has 2 aromatic carbocycles. The Bertz CT molecular complexity index is 842. The van der Waals surface area contributed by atoms with E-state index in [1.54, 1.807) is 0 Å². The van der Waals surface area contributed by atoms with Gasteiger partial charge < -0.3 is 15.3 Å². The van der Waals surface area contributed by atoms with Gasteiger partial charge >= 0.3 is 5.69 Å². The van der Waals surface area contributed by atoms with Gasteiger partial charge in [0.15, 0.2) is 10.9 Å². The van der Waals surface area contributed by atoms with Crippen LogP contribution in [0.15, 0.2) is 36.4 Å². The third kappa shape index (κ3) is 4.23. The largest absolute Gasteiger partial charge is 0.502 e. The van der Waals surface area contributed by atoms with Crippen molar-refractivity contribution in [3.05, 3.63) is 68.2 Å². The molecule has 0 spiro atoms. The predicted molar refractivity (Wildman–Crippen MR) is 105 cm³/mol. The second-order valence-corrected chi connectivity index (χ2v) is 6.97. The molecule has 0 aromatic heterocycles. The Balaban J connectivity index is 1.59. The third-order valence-corrected chi connectivity index (χ3v) is 5.05. The average molecular weight is 392 g/mol. The van der Waals surface area contributed by atoms with Crippen molar-refractivity contribution in [2.75, 3.05) is 13.1 Å². The summed E-state index contributed by atoms with van der Waals surface area (Å²) >= 11 is 11.3. The Morgan fingerprint density at radius 3 is 2.73 bits per heavy atom. The van der Waals surface area contributed by atoms with Crippen molar-refractivity contribution in [3.63, 3.8) is 0 Å². The highest BCUT2D eigenvalue weighted by Gasteiger charge is 2.23. The number of halogens is 1. The molecular formula is C18H18ClN3O3S. The molecule has 0 amide bonds. The molecule has 8 heteroatoms. The molecule has 0 bridgehead atoms. The molecule has 0 fully saturated rings. The minimum atomic E-state index is -0.572. The summed E-state index contributed by atoms with van der Waals surface area (Å²) in [4.78, 5) is 12.4. The number of rotatable bonds is 4. The minimum absolute atomic E-state index is 0.271. The fraction of sp³-hybridized carbons (Fsp3) is 0.278. The number of hydrogen-bond acceptors (Lipinski definition) is 4. The molecule has 2 aromatic rings. The Morgan fingerprint density at radius 2 is 2.04 bits per heavy atom. The number of nitrogens with zero attached hydrogens (tertiary/aromatic N) is 2. The highest BCUT2D eigenvalue weighted by Crippen LogP contribution is 2.32. The lowest BCUT2D eigenvalue weighted by atomic mass is 9.99. The normalized spacial score (nSPS) is 13.2. The maximum atomic E-state index is 11.0. The minimum Gasteiger partial charge on any atom is -0.502 e. The van der Waals surface area contributed by atoms with E-state index in [4.69, 9.17) is 23.8 Å². The Hall–Kier alpha value is -2.38. The summed E-state index contributed by atoms with van der Waals surface area (Å²) in [6, 6.07) is 10.6. The molecule has 1 aliphatic heterocycles. The van der Waals surface area contributed by atoms with Gasteiger partial charge in [-0.1, -0.05) is 23.7 Å². The van der Waals surface area contributed by atoms with Gasteiger partial charge in [-0.2, -0.15) is 0 Å². The SMILES string of the molecule is O=[N+]([O-])c1cc2c(cc1O)CCN(C(=S)NCCc1ccc(Cl)cc1)C2. The van der Waals surface area contributed by atoms with Crippen LogP contribution in [0.25, 0.3) is 0 Å². The van der Waals surface area contributed by atoms with E-state index in [0.717, 1.165) is 17.5 Å². The van der Waals surface area contributed by atoms with Crippen LogP contribution in [0.2, 0.25) is 5.02 Å². The number of fused-ring (bicyclic) bond motifs is 1. The molecule has 26 heavy (non-hydrogen) atoms. The summed E-state index contributed by atoms with van der Waals surface area (Å²) in [5, 5.41) is 25.3. The van der Waals surface area contributed by atoms with Crippen LogP contribution in [0, 0.1) is 10.1 Å². The Labute approximate surface area is 161 Å². The van der Waals surface area contributed by atoms with Crippen LogP contribution in [0.1, 0.15) is 16.7 Å². The summed E-state index contributed by atoms with van der Waals surface area (Å²) in [5.41, 5.74) is 2.64. The molecule has 0 atom stereocenters. The van der Waals surface area contributed by atoms with Gasteiger partial charge in [0.2, 0.25) is 0 Å². The number of phenolic OH excluding ortho intramolecular Hbond substituents is 1. The van der Waals surface area contributed by atoms with E-state index in [9.17, 15) is 15.2 Å². The van der Waals surface area contributed by atoms with Gasteiger partial charge in [0, 0.05) is 30.7 Å². The van der Waals surface area contributed by atoms with E-state index in [-0.39, 0.29) is 11.4 Å². The number of nitro benzene ring substituents is 1. The van der Waals surface area contributed by atoms with Crippen LogP contribution >= 0.6 is 23.8 Å². The number of nitro groups is 1. The first-order chi connectivity index (χ1) is 12.4. The number of nitrogens with one attached hydrogen (secondary N) is 1. The van der Waals surface area contributed by atoms with E-state index >= 15 is 0 Å². The highest BCUT2D eigenvalue weighted by atomic mass is 35.5. The van der Waals surface area contributed by atoms with Crippen LogP contribution < -0.4 is 5.32 Å². The summed E-state index contributed by atoms with van der Waals surface area (Å²) in [5.74, 6) is -0.286. The molecule has 0 saturated heterocycles. The zero-order chi connectivity index (χ0) is 18.7. The second kappa shape index (κ2) is 7.88. The number of benzene rings is 2. The van der Waals surface area contributed by atoms with Crippen LogP contribution in [0.4, 0.5) is 5.69 Å². The van der Waals surface area contributed by atoms with Crippen molar-refractivity contribution in [3.8, 4) is 5.75 Å². The molecule has 1 heterocycles. The van der Waals surface area contributed by atoms with Crippen LogP contribution in [0.3, 0.4) is 0 Å². The number of thiocarbonyl (C=S) groups is 1. The fourth-order valence-electron chi connectivity index (χ4n) is 2.98. The van der Waals surface area contributed by atoms with Gasteiger partial charge in [0.05, 0.1) is 4.92 Å².